The van der Waals surface area contributed by atoms with Gasteiger partial charge in [-0.05, 0) is 6.07 Å². The smallest absolute Gasteiger partial charge is 0.0479 e. The van der Waals surface area contributed by atoms with E-state index in [0.29, 0.717) is 0 Å². The Kier molecular flexibility index (Phi) is 3.74. The molecule has 0 bridgehead atoms. The molecule has 0 N–H and O–H groups in total. The van der Waals surface area contributed by atoms with Crippen LogP contribution in [0.4, 0.5) is 0 Å². The van der Waals surface area contributed by atoms with Gasteiger partial charge < -0.3 is 0 Å². The SMILES string of the molecule is [Ir].[c-]1ccccc1-c1cccnn1. The third kappa shape index (κ3) is 2.44. The largest absolute Gasteiger partial charge is 0.201 e. The van der Waals surface area contributed by atoms with Crippen molar-refractivity contribution in [3.8, 4) is 11.3 Å². The first kappa shape index (κ1) is 10.0. The summed E-state index contributed by atoms with van der Waals surface area (Å²) in [5.41, 5.74) is 1.84. The van der Waals surface area contributed by atoms with Crippen molar-refractivity contribution in [2.75, 3.05) is 0 Å². The number of hydrogen-bond acceptors (Lipinski definition) is 2. The van der Waals surface area contributed by atoms with Gasteiger partial charge in [-0.15, -0.1) is 35.9 Å². The van der Waals surface area contributed by atoms with Crippen molar-refractivity contribution < 1.29 is 20.1 Å². The molecule has 0 unspecified atom stereocenters. The summed E-state index contributed by atoms with van der Waals surface area (Å²) in [6, 6.07) is 14.6. The number of hydrogen-bond donors (Lipinski definition) is 0. The van der Waals surface area contributed by atoms with Crippen LogP contribution in [0.5, 0.6) is 0 Å². The summed E-state index contributed by atoms with van der Waals surface area (Å²) in [7, 11) is 0. The Morgan fingerprint density at radius 2 is 2.00 bits per heavy atom. The fraction of sp³-hybridized carbons (Fsp3) is 0. The predicted octanol–water partition coefficient (Wildman–Crippen LogP) is 1.94. The molecule has 0 spiro atoms. The zero-order valence-corrected chi connectivity index (χ0v) is 9.16. The van der Waals surface area contributed by atoms with Crippen molar-refractivity contribution in [3.05, 3.63) is 48.7 Å². The summed E-state index contributed by atoms with van der Waals surface area (Å²) in [6.45, 7) is 0. The van der Waals surface area contributed by atoms with Gasteiger partial charge in [-0.3, -0.25) is 0 Å². The summed E-state index contributed by atoms with van der Waals surface area (Å²) < 4.78 is 0. The molecule has 3 heteroatoms. The third-order valence-electron chi connectivity index (χ3n) is 1.56. The maximum absolute atomic E-state index is 3.97. The first-order valence-electron chi connectivity index (χ1n) is 3.71. The average molecular weight is 347 g/mol. The molecule has 1 heterocycles. The predicted molar refractivity (Wildman–Crippen MR) is 46.3 cm³/mol. The molecular formula is C10H7IrN2-. The van der Waals surface area contributed by atoms with Crippen LogP contribution in [0.3, 0.4) is 0 Å². The second-order valence-electron chi connectivity index (χ2n) is 2.39. The maximum atomic E-state index is 3.97. The monoisotopic (exact) mass is 348 g/mol. The van der Waals surface area contributed by atoms with Gasteiger partial charge in [0.1, 0.15) is 0 Å². The molecule has 0 saturated heterocycles. The minimum absolute atomic E-state index is 0. The Bertz CT molecular complexity index is 310. The second kappa shape index (κ2) is 4.85. The molecule has 0 fully saturated rings. The average Bonchev–Trinajstić information content (AvgIpc) is 2.21. The van der Waals surface area contributed by atoms with Crippen LogP contribution in [-0.4, -0.2) is 10.2 Å². The standard InChI is InChI=1S/C10H7N2.Ir/c1-2-5-9(6-3-1)10-7-4-8-11-12-10;/h1-5,7-8H;/q-1;. The van der Waals surface area contributed by atoms with Gasteiger partial charge in [0, 0.05) is 32.0 Å². The normalized spacial score (nSPS) is 8.92. The van der Waals surface area contributed by atoms with Crippen molar-refractivity contribution in [3.63, 3.8) is 0 Å². The molecule has 0 aliphatic heterocycles. The van der Waals surface area contributed by atoms with Crippen LogP contribution in [0.1, 0.15) is 0 Å². The van der Waals surface area contributed by atoms with Gasteiger partial charge in [-0.1, -0.05) is 6.07 Å². The van der Waals surface area contributed by atoms with Crippen LogP contribution in [0.15, 0.2) is 42.6 Å². The van der Waals surface area contributed by atoms with E-state index in [-0.39, 0.29) is 20.1 Å². The molecule has 0 amide bonds. The summed E-state index contributed by atoms with van der Waals surface area (Å²) >= 11 is 0. The molecule has 2 nitrogen and oxygen atoms in total. The Labute approximate surface area is 90.4 Å². The summed E-state index contributed by atoms with van der Waals surface area (Å²) in [4.78, 5) is 0. The summed E-state index contributed by atoms with van der Waals surface area (Å²) in [5, 5.41) is 7.76. The van der Waals surface area contributed by atoms with Crippen molar-refractivity contribution in [2.24, 2.45) is 0 Å². The molecule has 0 aliphatic rings. The van der Waals surface area contributed by atoms with Crippen LogP contribution < -0.4 is 0 Å². The zero-order chi connectivity index (χ0) is 8.23. The minimum atomic E-state index is 0. The first-order valence-corrected chi connectivity index (χ1v) is 3.71. The van der Waals surface area contributed by atoms with E-state index in [9.17, 15) is 0 Å². The van der Waals surface area contributed by atoms with Gasteiger partial charge in [0.15, 0.2) is 0 Å². The van der Waals surface area contributed by atoms with Gasteiger partial charge in [-0.25, -0.2) is 5.10 Å². The van der Waals surface area contributed by atoms with Crippen LogP contribution in [0, 0.1) is 6.07 Å². The van der Waals surface area contributed by atoms with E-state index in [2.05, 4.69) is 16.3 Å². The van der Waals surface area contributed by atoms with E-state index in [1.54, 1.807) is 6.20 Å². The van der Waals surface area contributed by atoms with Crippen LogP contribution >= 0.6 is 0 Å². The van der Waals surface area contributed by atoms with Gasteiger partial charge in [0.05, 0.1) is 0 Å². The molecule has 0 atom stereocenters. The van der Waals surface area contributed by atoms with Crippen molar-refractivity contribution in [2.45, 2.75) is 0 Å². The van der Waals surface area contributed by atoms with Gasteiger partial charge in [-0.2, -0.15) is 5.10 Å². The Morgan fingerprint density at radius 3 is 2.62 bits per heavy atom. The zero-order valence-electron chi connectivity index (χ0n) is 6.77. The van der Waals surface area contributed by atoms with Gasteiger partial charge in [0.2, 0.25) is 0 Å². The fourth-order valence-electron chi connectivity index (χ4n) is 0.998. The molecule has 2 rings (SSSR count). The van der Waals surface area contributed by atoms with Crippen LogP contribution in [-0.2, 0) is 20.1 Å². The van der Waals surface area contributed by atoms with E-state index >= 15 is 0 Å². The topological polar surface area (TPSA) is 25.8 Å². The maximum Gasteiger partial charge on any atom is 0.0479 e. The molecular weight excluding hydrogens is 340 g/mol. The molecule has 67 valence electrons. The van der Waals surface area contributed by atoms with E-state index in [1.807, 2.05) is 36.4 Å². The number of nitrogens with zero attached hydrogens (tertiary/aromatic N) is 2. The molecule has 13 heavy (non-hydrogen) atoms. The quantitative estimate of drug-likeness (QED) is 0.737. The van der Waals surface area contributed by atoms with E-state index in [4.69, 9.17) is 0 Å². The molecule has 0 aliphatic carbocycles. The minimum Gasteiger partial charge on any atom is -0.201 e. The van der Waals surface area contributed by atoms with Crippen molar-refractivity contribution >= 4 is 0 Å². The molecule has 1 aromatic heterocycles. The fourth-order valence-corrected chi connectivity index (χ4v) is 0.998. The summed E-state index contributed by atoms with van der Waals surface area (Å²) in [5.74, 6) is 0. The van der Waals surface area contributed by atoms with Crippen LogP contribution in [0.2, 0.25) is 0 Å². The van der Waals surface area contributed by atoms with Crippen LogP contribution in [0.25, 0.3) is 11.3 Å². The van der Waals surface area contributed by atoms with Crippen molar-refractivity contribution in [1.82, 2.24) is 10.2 Å². The summed E-state index contributed by atoms with van der Waals surface area (Å²) in [6.07, 6.45) is 1.66. The Balaban J connectivity index is 0.000000845. The van der Waals surface area contributed by atoms with E-state index < -0.39 is 0 Å². The van der Waals surface area contributed by atoms with Gasteiger partial charge in [0.25, 0.3) is 0 Å². The van der Waals surface area contributed by atoms with E-state index in [1.165, 1.54) is 0 Å². The third-order valence-corrected chi connectivity index (χ3v) is 1.56. The van der Waals surface area contributed by atoms with Gasteiger partial charge >= 0.3 is 0 Å². The Morgan fingerprint density at radius 1 is 1.08 bits per heavy atom. The number of aromatic nitrogens is 2. The van der Waals surface area contributed by atoms with Crippen molar-refractivity contribution in [1.29, 1.82) is 0 Å². The Hall–Kier alpha value is -1.05. The van der Waals surface area contributed by atoms with E-state index in [0.717, 1.165) is 11.3 Å². The molecule has 2 aromatic rings. The molecule has 1 radical (unpaired) electrons. The molecule has 0 saturated carbocycles. The number of rotatable bonds is 1. The molecule has 1 aromatic carbocycles. The number of benzene rings is 1. The second-order valence-corrected chi connectivity index (χ2v) is 2.39. The first-order chi connectivity index (χ1) is 5.97.